The maximum Gasteiger partial charge on any atom is 0.391 e. The van der Waals surface area contributed by atoms with Crippen LogP contribution in [0.3, 0.4) is 0 Å². The lowest BCUT2D eigenvalue weighted by molar-refractivity contribution is -0.175. The Balaban J connectivity index is 0.00000128. The normalized spacial score (nSPS) is 31.8. The molecule has 0 aromatic carbocycles. The highest BCUT2D eigenvalue weighted by molar-refractivity contribution is 5.85. The molecule has 0 aromatic heterocycles. The van der Waals surface area contributed by atoms with Gasteiger partial charge in [-0.25, -0.2) is 0 Å². The highest BCUT2D eigenvalue weighted by atomic mass is 35.5. The first kappa shape index (κ1) is 17.3. The van der Waals surface area contributed by atoms with Crippen molar-refractivity contribution in [1.29, 1.82) is 0 Å². The molecule has 0 unspecified atom stereocenters. The highest BCUT2D eigenvalue weighted by Crippen LogP contribution is 2.51. The summed E-state index contributed by atoms with van der Waals surface area (Å²) in [5.74, 6) is -1.18. The number of nitrogens with one attached hydrogen (secondary N) is 1. The van der Waals surface area contributed by atoms with E-state index in [1.165, 1.54) is 0 Å². The van der Waals surface area contributed by atoms with Gasteiger partial charge in [0.05, 0.1) is 5.92 Å². The molecule has 0 bridgehead atoms. The predicted octanol–water partition coefficient (Wildman–Crippen LogP) is 2.50. The van der Waals surface area contributed by atoms with Crippen LogP contribution < -0.4 is 11.1 Å². The minimum Gasteiger partial charge on any atom is -0.327 e. The highest BCUT2D eigenvalue weighted by Gasteiger charge is 2.54. The first-order valence-corrected chi connectivity index (χ1v) is 5.47. The number of alkyl halides is 3. The Morgan fingerprint density at radius 2 is 1.65 bits per heavy atom. The third-order valence-electron chi connectivity index (χ3n) is 4.04. The summed E-state index contributed by atoms with van der Waals surface area (Å²) in [5, 5.41) is 3.17. The van der Waals surface area contributed by atoms with E-state index in [-0.39, 0.29) is 49.1 Å². The Hall–Kier alpha value is 0.290. The van der Waals surface area contributed by atoms with Crippen LogP contribution in [-0.4, -0.2) is 25.3 Å². The average Bonchev–Trinajstić information content (AvgIpc) is 2.45. The van der Waals surface area contributed by atoms with E-state index in [1.807, 2.05) is 0 Å². The van der Waals surface area contributed by atoms with Crippen molar-refractivity contribution in [3.05, 3.63) is 0 Å². The Bertz CT molecular complexity index is 242. The molecule has 3 N–H and O–H groups in total. The first-order valence-electron chi connectivity index (χ1n) is 5.47. The number of hydrogen-bond acceptors (Lipinski definition) is 2. The van der Waals surface area contributed by atoms with Crippen LogP contribution in [0.15, 0.2) is 0 Å². The summed E-state index contributed by atoms with van der Waals surface area (Å²) in [5.41, 5.74) is 5.66. The molecule has 1 heterocycles. The summed E-state index contributed by atoms with van der Waals surface area (Å²) in [6.45, 7) is 1.61. The Labute approximate surface area is 112 Å². The minimum atomic E-state index is -4.06. The van der Waals surface area contributed by atoms with Crippen LogP contribution in [0.1, 0.15) is 25.7 Å². The van der Waals surface area contributed by atoms with Crippen LogP contribution >= 0.6 is 24.8 Å². The van der Waals surface area contributed by atoms with Gasteiger partial charge in [-0.05, 0) is 44.2 Å². The molecule has 1 saturated carbocycles. The van der Waals surface area contributed by atoms with Gasteiger partial charge in [-0.2, -0.15) is 13.2 Å². The zero-order valence-corrected chi connectivity index (χ0v) is 11.1. The molecule has 104 valence electrons. The van der Waals surface area contributed by atoms with Gasteiger partial charge in [0.1, 0.15) is 0 Å². The summed E-state index contributed by atoms with van der Waals surface area (Å²) in [6.07, 6.45) is -2.13. The third kappa shape index (κ3) is 3.40. The Morgan fingerprint density at radius 3 is 2.06 bits per heavy atom. The SMILES string of the molecule is Cl.Cl.N[C@@H]1C[C@H](C(F)(F)F)CC12CCNCC2. The summed E-state index contributed by atoms with van der Waals surface area (Å²) in [6, 6.07) is -0.272. The van der Waals surface area contributed by atoms with E-state index in [9.17, 15) is 13.2 Å². The standard InChI is InChI=1S/C10H17F3N2.2ClH/c11-10(12,13)7-5-8(14)9(6-7)1-3-15-4-2-9;;/h7-8,15H,1-6,14H2;2*1H/t7-,8+;;/m0../s1. The Kier molecular flexibility index (Phi) is 6.06. The second kappa shape index (κ2) is 5.95. The van der Waals surface area contributed by atoms with Gasteiger partial charge in [-0.1, -0.05) is 0 Å². The van der Waals surface area contributed by atoms with Crippen molar-refractivity contribution in [1.82, 2.24) is 5.32 Å². The second-order valence-electron chi connectivity index (χ2n) is 4.90. The fourth-order valence-corrected chi connectivity index (χ4v) is 3.03. The quantitative estimate of drug-likeness (QED) is 0.720. The predicted molar refractivity (Wildman–Crippen MR) is 65.8 cm³/mol. The van der Waals surface area contributed by atoms with Gasteiger partial charge in [-0.3, -0.25) is 0 Å². The monoisotopic (exact) mass is 294 g/mol. The second-order valence-corrected chi connectivity index (χ2v) is 4.90. The molecule has 17 heavy (non-hydrogen) atoms. The molecular formula is C10H19Cl2F3N2. The van der Waals surface area contributed by atoms with E-state index in [0.29, 0.717) is 0 Å². The smallest absolute Gasteiger partial charge is 0.327 e. The molecule has 2 nitrogen and oxygen atoms in total. The van der Waals surface area contributed by atoms with Gasteiger partial charge < -0.3 is 11.1 Å². The zero-order valence-electron chi connectivity index (χ0n) is 9.43. The summed E-state index contributed by atoms with van der Waals surface area (Å²) in [4.78, 5) is 0. The van der Waals surface area contributed by atoms with E-state index in [0.717, 1.165) is 25.9 Å². The lowest BCUT2D eigenvalue weighted by atomic mass is 9.74. The molecule has 2 rings (SSSR count). The molecule has 0 radical (unpaired) electrons. The molecule has 2 atom stereocenters. The van der Waals surface area contributed by atoms with E-state index in [1.54, 1.807) is 0 Å². The van der Waals surface area contributed by atoms with Crippen molar-refractivity contribution in [2.75, 3.05) is 13.1 Å². The van der Waals surface area contributed by atoms with E-state index in [4.69, 9.17) is 5.73 Å². The minimum absolute atomic E-state index is 0. The maximum atomic E-state index is 12.6. The van der Waals surface area contributed by atoms with Crippen LogP contribution in [-0.2, 0) is 0 Å². The summed E-state index contributed by atoms with van der Waals surface area (Å²) in [7, 11) is 0. The first-order chi connectivity index (χ1) is 6.94. The number of hydrogen-bond donors (Lipinski definition) is 2. The third-order valence-corrected chi connectivity index (χ3v) is 4.04. The van der Waals surface area contributed by atoms with Crippen molar-refractivity contribution in [3.63, 3.8) is 0 Å². The fraction of sp³-hybridized carbons (Fsp3) is 1.00. The van der Waals surface area contributed by atoms with Gasteiger partial charge in [-0.15, -0.1) is 24.8 Å². The molecule has 1 aliphatic heterocycles. The Morgan fingerprint density at radius 1 is 1.12 bits per heavy atom. The van der Waals surface area contributed by atoms with E-state index < -0.39 is 12.1 Å². The average molecular weight is 295 g/mol. The molecule has 7 heteroatoms. The lowest BCUT2D eigenvalue weighted by Gasteiger charge is -2.37. The van der Waals surface area contributed by atoms with Crippen LogP contribution in [0.25, 0.3) is 0 Å². The van der Waals surface area contributed by atoms with Crippen molar-refractivity contribution < 1.29 is 13.2 Å². The van der Waals surface area contributed by atoms with Gasteiger partial charge in [0, 0.05) is 6.04 Å². The lowest BCUT2D eigenvalue weighted by Crippen LogP contribution is -2.45. The topological polar surface area (TPSA) is 38.0 Å². The van der Waals surface area contributed by atoms with Crippen LogP contribution in [0.5, 0.6) is 0 Å². The van der Waals surface area contributed by atoms with Gasteiger partial charge in [0.2, 0.25) is 0 Å². The molecule has 2 fully saturated rings. The fourth-order valence-electron chi connectivity index (χ4n) is 3.03. The number of nitrogens with two attached hydrogens (primary N) is 1. The zero-order chi connectivity index (χ0) is 11.1. The van der Waals surface area contributed by atoms with Gasteiger partial charge >= 0.3 is 6.18 Å². The largest absolute Gasteiger partial charge is 0.391 e. The van der Waals surface area contributed by atoms with Crippen molar-refractivity contribution in [2.24, 2.45) is 17.1 Å². The summed E-state index contributed by atoms with van der Waals surface area (Å²) < 4.78 is 37.8. The number of piperidine rings is 1. The van der Waals surface area contributed by atoms with E-state index >= 15 is 0 Å². The molecule has 1 spiro atoms. The van der Waals surface area contributed by atoms with Crippen LogP contribution in [0.4, 0.5) is 13.2 Å². The van der Waals surface area contributed by atoms with Crippen molar-refractivity contribution >= 4 is 24.8 Å². The molecule has 1 saturated heterocycles. The van der Waals surface area contributed by atoms with Gasteiger partial charge in [0.25, 0.3) is 0 Å². The molecule has 1 aliphatic carbocycles. The maximum absolute atomic E-state index is 12.6. The van der Waals surface area contributed by atoms with Crippen LogP contribution in [0.2, 0.25) is 0 Å². The molecule has 0 amide bonds. The van der Waals surface area contributed by atoms with Crippen molar-refractivity contribution in [3.8, 4) is 0 Å². The summed E-state index contributed by atoms with van der Waals surface area (Å²) >= 11 is 0. The number of rotatable bonds is 0. The van der Waals surface area contributed by atoms with E-state index in [2.05, 4.69) is 5.32 Å². The molecule has 0 aromatic rings. The van der Waals surface area contributed by atoms with Gasteiger partial charge in [0.15, 0.2) is 0 Å². The van der Waals surface area contributed by atoms with Crippen molar-refractivity contribution in [2.45, 2.75) is 37.9 Å². The molecular weight excluding hydrogens is 276 g/mol. The van der Waals surface area contributed by atoms with Crippen LogP contribution in [0, 0.1) is 11.3 Å². The number of halogens is 5. The molecule has 2 aliphatic rings.